The van der Waals surface area contributed by atoms with Crippen molar-refractivity contribution in [2.75, 3.05) is 32.7 Å². The maximum Gasteiger partial charge on any atom is 0.347 e. The Morgan fingerprint density at radius 1 is 1.35 bits per heavy atom. The molecule has 0 bridgehead atoms. The van der Waals surface area contributed by atoms with Gasteiger partial charge in [0.05, 0.1) is 0 Å². The van der Waals surface area contributed by atoms with Gasteiger partial charge in [0.2, 0.25) is 10.0 Å². The molecule has 0 radical (unpaired) electrons. The van der Waals surface area contributed by atoms with Crippen molar-refractivity contribution in [3.8, 4) is 0 Å². The van der Waals surface area contributed by atoms with E-state index >= 15 is 0 Å². The number of carboxylic acids is 1. The zero-order chi connectivity index (χ0) is 14.8. The first-order valence-corrected chi connectivity index (χ1v) is 8.82. The summed E-state index contributed by atoms with van der Waals surface area (Å²) in [4.78, 5) is 13.1. The monoisotopic (exact) mass is 318 g/mol. The molecule has 2 rings (SSSR count). The smallest absolute Gasteiger partial charge is 0.347 e. The predicted molar refractivity (Wildman–Crippen MR) is 76.8 cm³/mol. The zero-order valence-corrected chi connectivity index (χ0v) is 12.9. The lowest BCUT2D eigenvalue weighted by molar-refractivity contribution is 0.0698. The molecule has 1 N–H and O–H groups in total. The molecule has 0 amide bonds. The van der Waals surface area contributed by atoms with Crippen molar-refractivity contribution in [3.63, 3.8) is 0 Å². The third-order valence-electron chi connectivity index (χ3n) is 3.31. The van der Waals surface area contributed by atoms with Crippen molar-refractivity contribution in [3.05, 3.63) is 16.3 Å². The van der Waals surface area contributed by atoms with Crippen LogP contribution in [0.5, 0.6) is 0 Å². The van der Waals surface area contributed by atoms with Crippen LogP contribution < -0.4 is 0 Å². The number of thiophene rings is 1. The zero-order valence-electron chi connectivity index (χ0n) is 11.3. The lowest BCUT2D eigenvalue weighted by Crippen LogP contribution is -2.48. The van der Waals surface area contributed by atoms with Gasteiger partial charge in [0.15, 0.2) is 0 Å². The summed E-state index contributed by atoms with van der Waals surface area (Å²) in [6, 6.07) is 1.38. The van der Waals surface area contributed by atoms with Crippen molar-refractivity contribution in [1.29, 1.82) is 0 Å². The van der Waals surface area contributed by atoms with E-state index in [1.807, 2.05) is 0 Å². The second kappa shape index (κ2) is 6.21. The molecule has 2 heterocycles. The van der Waals surface area contributed by atoms with Gasteiger partial charge in [-0.2, -0.15) is 4.31 Å². The highest BCUT2D eigenvalue weighted by atomic mass is 32.2. The summed E-state index contributed by atoms with van der Waals surface area (Å²) >= 11 is 0.941. The van der Waals surface area contributed by atoms with Crippen LogP contribution in [0.25, 0.3) is 0 Å². The highest BCUT2D eigenvalue weighted by Gasteiger charge is 2.32. The summed E-state index contributed by atoms with van der Waals surface area (Å²) in [6.45, 7) is 5.27. The summed E-state index contributed by atoms with van der Waals surface area (Å²) < 4.78 is 26.4. The molecule has 8 heteroatoms. The second-order valence-corrected chi connectivity index (χ2v) is 7.49. The Labute approximate surface area is 122 Å². The molecule has 1 saturated heterocycles. The Hall–Kier alpha value is -0.960. The van der Waals surface area contributed by atoms with Gasteiger partial charge in [-0.3, -0.25) is 0 Å². The Morgan fingerprint density at radius 3 is 2.55 bits per heavy atom. The molecule has 1 fully saturated rings. The molecule has 112 valence electrons. The van der Waals surface area contributed by atoms with Gasteiger partial charge >= 0.3 is 5.97 Å². The van der Waals surface area contributed by atoms with Crippen LogP contribution in [0.1, 0.15) is 23.0 Å². The van der Waals surface area contributed by atoms with E-state index in [-0.39, 0.29) is 9.77 Å². The molecule has 0 saturated carbocycles. The first kappa shape index (κ1) is 15.4. The molecule has 1 aliphatic rings. The fourth-order valence-corrected chi connectivity index (χ4v) is 4.96. The Morgan fingerprint density at radius 2 is 2.00 bits per heavy atom. The van der Waals surface area contributed by atoms with Gasteiger partial charge in [0.25, 0.3) is 0 Å². The van der Waals surface area contributed by atoms with Crippen molar-refractivity contribution in [1.82, 2.24) is 9.21 Å². The molecule has 0 spiro atoms. The number of aromatic carboxylic acids is 1. The molecule has 0 atom stereocenters. The van der Waals surface area contributed by atoms with Gasteiger partial charge in [-0.1, -0.05) is 6.92 Å². The van der Waals surface area contributed by atoms with Gasteiger partial charge in [0.1, 0.15) is 9.77 Å². The van der Waals surface area contributed by atoms with Crippen LogP contribution in [-0.4, -0.2) is 61.4 Å². The lowest BCUT2D eigenvalue weighted by atomic mass is 10.3. The number of hydrogen-bond donors (Lipinski definition) is 1. The van der Waals surface area contributed by atoms with Crippen LogP contribution >= 0.6 is 11.3 Å². The van der Waals surface area contributed by atoms with E-state index in [2.05, 4.69) is 11.8 Å². The highest BCUT2D eigenvalue weighted by Crippen LogP contribution is 2.26. The number of rotatable bonds is 5. The van der Waals surface area contributed by atoms with E-state index in [0.29, 0.717) is 26.2 Å². The van der Waals surface area contributed by atoms with E-state index in [4.69, 9.17) is 5.11 Å². The van der Waals surface area contributed by atoms with E-state index < -0.39 is 16.0 Å². The molecule has 0 unspecified atom stereocenters. The van der Waals surface area contributed by atoms with Crippen LogP contribution in [0, 0.1) is 0 Å². The number of carboxylic acid groups (broad SMARTS) is 1. The van der Waals surface area contributed by atoms with Crippen LogP contribution in [-0.2, 0) is 10.0 Å². The highest BCUT2D eigenvalue weighted by molar-refractivity contribution is 7.89. The lowest BCUT2D eigenvalue weighted by Gasteiger charge is -2.33. The molecule has 0 aromatic carbocycles. The summed E-state index contributed by atoms with van der Waals surface area (Å²) in [7, 11) is -3.70. The predicted octanol–water partition coefficient (Wildman–Crippen LogP) is 1.16. The van der Waals surface area contributed by atoms with Crippen molar-refractivity contribution in [2.45, 2.75) is 18.2 Å². The summed E-state index contributed by atoms with van der Waals surface area (Å²) in [6.07, 6.45) is 1.04. The van der Waals surface area contributed by atoms with Gasteiger partial charge in [-0.05, 0) is 24.4 Å². The molecule has 1 aromatic rings. The minimum Gasteiger partial charge on any atom is -0.477 e. The summed E-state index contributed by atoms with van der Waals surface area (Å²) in [5.41, 5.74) is 0. The van der Waals surface area contributed by atoms with Crippen LogP contribution in [0.4, 0.5) is 0 Å². The number of hydrogen-bond acceptors (Lipinski definition) is 5. The Balaban J connectivity index is 2.16. The first-order chi connectivity index (χ1) is 9.46. The van der Waals surface area contributed by atoms with E-state index in [9.17, 15) is 13.2 Å². The average molecular weight is 318 g/mol. The molecule has 1 aliphatic heterocycles. The minimum atomic E-state index is -3.70. The fraction of sp³-hybridized carbons (Fsp3) is 0.583. The normalized spacial score (nSPS) is 18.2. The van der Waals surface area contributed by atoms with Gasteiger partial charge in [0, 0.05) is 26.2 Å². The summed E-state index contributed by atoms with van der Waals surface area (Å²) in [5.74, 6) is -1.19. The summed E-state index contributed by atoms with van der Waals surface area (Å²) in [5, 5.41) is 10.6. The van der Waals surface area contributed by atoms with Crippen molar-refractivity contribution >= 4 is 27.3 Å². The number of piperazine rings is 1. The maximum atomic E-state index is 12.5. The number of carbonyl (C=O) groups is 1. The Bertz CT molecular complexity index is 574. The fourth-order valence-electron chi connectivity index (χ4n) is 2.31. The molecule has 1 aromatic heterocycles. The van der Waals surface area contributed by atoms with Crippen LogP contribution in [0.2, 0.25) is 0 Å². The van der Waals surface area contributed by atoms with Gasteiger partial charge in [-0.15, -0.1) is 11.3 Å². The molecule has 6 nitrogen and oxygen atoms in total. The van der Waals surface area contributed by atoms with Crippen LogP contribution in [0.3, 0.4) is 0 Å². The minimum absolute atomic E-state index is 0.0843. The SMILES string of the molecule is CCCN1CCN(S(=O)(=O)c2ccsc2C(=O)O)CC1. The quantitative estimate of drug-likeness (QED) is 0.881. The standard InChI is InChI=1S/C12H18N2O4S2/c1-2-4-13-5-7-14(8-6-13)20(17,18)10-3-9-19-11(10)12(15)16/h3,9H,2,4-8H2,1H3,(H,15,16). The number of sulfonamides is 1. The van der Waals surface area contributed by atoms with Gasteiger partial charge in [-0.25, -0.2) is 13.2 Å². The average Bonchev–Trinajstić information content (AvgIpc) is 2.90. The van der Waals surface area contributed by atoms with E-state index in [1.54, 1.807) is 0 Å². The Kier molecular flexibility index (Phi) is 4.79. The van der Waals surface area contributed by atoms with E-state index in [1.165, 1.54) is 15.8 Å². The first-order valence-electron chi connectivity index (χ1n) is 6.50. The maximum absolute atomic E-state index is 12.5. The molecular weight excluding hydrogens is 300 g/mol. The third kappa shape index (κ3) is 3.03. The van der Waals surface area contributed by atoms with Crippen LogP contribution in [0.15, 0.2) is 16.3 Å². The van der Waals surface area contributed by atoms with E-state index in [0.717, 1.165) is 24.3 Å². The third-order valence-corrected chi connectivity index (χ3v) is 6.28. The molecular formula is C12H18N2O4S2. The molecule has 0 aliphatic carbocycles. The van der Waals surface area contributed by atoms with Crippen molar-refractivity contribution in [2.24, 2.45) is 0 Å². The van der Waals surface area contributed by atoms with Crippen molar-refractivity contribution < 1.29 is 18.3 Å². The second-order valence-electron chi connectivity index (χ2n) is 4.66. The number of nitrogens with zero attached hydrogens (tertiary/aromatic N) is 2. The van der Waals surface area contributed by atoms with Gasteiger partial charge < -0.3 is 10.0 Å². The molecule has 20 heavy (non-hydrogen) atoms. The topological polar surface area (TPSA) is 77.9 Å². The largest absolute Gasteiger partial charge is 0.477 e.